The van der Waals surface area contributed by atoms with Gasteiger partial charge in [0.2, 0.25) is 0 Å². The van der Waals surface area contributed by atoms with Crippen LogP contribution in [-0.4, -0.2) is 29.9 Å². The quantitative estimate of drug-likeness (QED) is 0.163. The third-order valence-electron chi connectivity index (χ3n) is 12.6. The van der Waals surface area contributed by atoms with Crippen LogP contribution in [-0.2, 0) is 12.8 Å². The van der Waals surface area contributed by atoms with Crippen LogP contribution in [0.1, 0.15) is 44.5 Å². The molecule has 2 aromatic heterocycles. The molecule has 0 unspecified atom stereocenters. The van der Waals surface area contributed by atoms with Crippen LogP contribution in [0.3, 0.4) is 0 Å². The first kappa shape index (κ1) is 34.1. The van der Waals surface area contributed by atoms with Gasteiger partial charge in [0.05, 0.1) is 0 Å². The van der Waals surface area contributed by atoms with Gasteiger partial charge in [-0.15, -0.1) is 0 Å². The van der Waals surface area contributed by atoms with E-state index in [1.807, 2.05) is 0 Å². The third-order valence-corrected chi connectivity index (χ3v) is 15.1. The molecule has 272 valence electrons. The Morgan fingerprint density at radius 2 is 0.947 bits per heavy atom. The number of aromatic nitrogens is 3. The molecule has 0 radical (unpaired) electrons. The summed E-state index contributed by atoms with van der Waals surface area (Å²) < 4.78 is 2.82. The fourth-order valence-electron chi connectivity index (χ4n) is 9.64. The molecule has 0 saturated heterocycles. The van der Waals surface area contributed by atoms with E-state index in [0.717, 1.165) is 40.9 Å². The van der Waals surface area contributed by atoms with Gasteiger partial charge in [-0.1, -0.05) is 0 Å². The Labute approximate surface area is 339 Å². The minimum absolute atomic E-state index is 0.0571. The first-order chi connectivity index (χ1) is 28.0. The van der Waals surface area contributed by atoms with Gasteiger partial charge in [-0.3, -0.25) is 0 Å². The summed E-state index contributed by atoms with van der Waals surface area (Å²) in [5.41, 5.74) is 26.3. The van der Waals surface area contributed by atoms with Crippen molar-refractivity contribution in [3.8, 4) is 77.0 Å². The maximum absolute atomic E-state index is 5.08. The Morgan fingerprint density at radius 3 is 1.60 bits per heavy atom. The Kier molecular flexibility index (Phi) is 7.90. The number of aryl methyl sites for hydroxylation is 2. The van der Waals surface area contributed by atoms with E-state index in [0.29, 0.717) is 0 Å². The van der Waals surface area contributed by atoms with Gasteiger partial charge >= 0.3 is 341 Å². The Balaban J connectivity index is 1.22. The molecule has 0 bridgehead atoms. The molecular weight excluding hydrogens is 758 g/mol. The van der Waals surface area contributed by atoms with Crippen LogP contribution in [0, 0.1) is 27.7 Å². The Hall–Kier alpha value is -6.19. The first-order valence-corrected chi connectivity index (χ1v) is 21.5. The summed E-state index contributed by atoms with van der Waals surface area (Å²) >= 11 is 0.0571. The second kappa shape index (κ2) is 13.2. The van der Waals surface area contributed by atoms with Crippen LogP contribution >= 0.6 is 0 Å². The fraction of sp³-hybridized carbons (Fsp3) is 0.113. The minimum atomic E-state index is 0.0571. The summed E-state index contributed by atoms with van der Waals surface area (Å²) in [6, 6.07) is 51.2. The molecule has 0 fully saturated rings. The zero-order valence-corrected chi connectivity index (χ0v) is 34.2. The molecule has 0 aliphatic heterocycles. The molecule has 2 heterocycles. The van der Waals surface area contributed by atoms with E-state index in [1.54, 1.807) is 0 Å². The number of rotatable bonds is 5. The van der Waals surface area contributed by atoms with Crippen molar-refractivity contribution < 1.29 is 0 Å². The van der Waals surface area contributed by atoms with E-state index in [2.05, 4.69) is 172 Å². The summed E-state index contributed by atoms with van der Waals surface area (Å²) in [4.78, 5) is 0. The molecule has 9 aromatic rings. The zero-order chi connectivity index (χ0) is 38.4. The van der Waals surface area contributed by atoms with Crippen molar-refractivity contribution in [2.24, 2.45) is 0 Å². The molecule has 2 aliphatic carbocycles. The van der Waals surface area contributed by atoms with E-state index in [9.17, 15) is 0 Å². The van der Waals surface area contributed by atoms with Gasteiger partial charge in [-0.05, 0) is 0 Å². The van der Waals surface area contributed by atoms with Crippen molar-refractivity contribution >= 4 is 24.1 Å². The monoisotopic (exact) mass is 797 g/mol. The van der Waals surface area contributed by atoms with Gasteiger partial charge in [-0.2, -0.15) is 0 Å². The van der Waals surface area contributed by atoms with Gasteiger partial charge in [0.25, 0.3) is 0 Å². The second-order valence-corrected chi connectivity index (χ2v) is 17.9. The van der Waals surface area contributed by atoms with Crippen LogP contribution in [0.15, 0.2) is 140 Å². The van der Waals surface area contributed by atoms with E-state index in [-0.39, 0.29) is 14.5 Å². The molecule has 0 atom stereocenters. The number of benzene rings is 7. The summed E-state index contributed by atoms with van der Waals surface area (Å²) in [5.74, 6) is 0. The first-order valence-electron chi connectivity index (χ1n) is 19.8. The predicted molar refractivity (Wildman–Crippen MR) is 237 cm³/mol. The summed E-state index contributed by atoms with van der Waals surface area (Å²) in [7, 11) is 0. The predicted octanol–water partition coefficient (Wildman–Crippen LogP) is 12.8. The van der Waals surface area contributed by atoms with E-state index in [4.69, 9.17) is 10.2 Å². The summed E-state index contributed by atoms with van der Waals surface area (Å²) in [6.07, 6.45) is 1.81. The molecule has 0 saturated carbocycles. The number of nitrogens with zero attached hydrogens (tertiary/aromatic N) is 3. The molecule has 3 nitrogen and oxygen atoms in total. The van der Waals surface area contributed by atoms with Crippen LogP contribution in [0.5, 0.6) is 0 Å². The van der Waals surface area contributed by atoms with Gasteiger partial charge in [0.1, 0.15) is 0 Å². The molecule has 11 rings (SSSR count). The van der Waals surface area contributed by atoms with Crippen molar-refractivity contribution in [1.82, 2.24) is 15.4 Å². The molecule has 0 N–H and O–H groups in total. The van der Waals surface area contributed by atoms with Crippen LogP contribution in [0.2, 0.25) is 0 Å². The van der Waals surface area contributed by atoms with Crippen molar-refractivity contribution in [3.05, 3.63) is 184 Å². The zero-order valence-electron chi connectivity index (χ0n) is 32.4. The van der Waals surface area contributed by atoms with Crippen molar-refractivity contribution in [2.45, 2.75) is 40.5 Å². The average Bonchev–Trinajstić information content (AvgIpc) is 3.93. The number of hydrogen-bond acceptors (Lipinski definition) is 3. The Morgan fingerprint density at radius 1 is 0.439 bits per heavy atom. The van der Waals surface area contributed by atoms with E-state index < -0.39 is 0 Å². The third kappa shape index (κ3) is 5.21. The number of fused-ring (bicyclic) bond motifs is 7. The van der Waals surface area contributed by atoms with Gasteiger partial charge in [-0.25, -0.2) is 0 Å². The van der Waals surface area contributed by atoms with Crippen molar-refractivity contribution in [2.75, 3.05) is 0 Å². The molecule has 7 aromatic carbocycles. The number of hydrogen-bond donors (Lipinski definition) is 0. The molecule has 57 heavy (non-hydrogen) atoms. The maximum atomic E-state index is 5.08. The van der Waals surface area contributed by atoms with Crippen LogP contribution < -0.4 is 0 Å². The van der Waals surface area contributed by atoms with Gasteiger partial charge < -0.3 is 0 Å². The summed E-state index contributed by atoms with van der Waals surface area (Å²) in [5, 5.41) is 15.9. The fourth-order valence-corrected chi connectivity index (χ4v) is 12.3. The van der Waals surface area contributed by atoms with Crippen LogP contribution in [0.25, 0.3) is 86.7 Å². The topological polar surface area (TPSA) is 38.7 Å². The van der Waals surface area contributed by atoms with E-state index in [1.165, 1.54) is 103 Å². The standard InChI is InChI=1S/C53H39N3Se/c1-30-26-42-37-20-10-8-18-35(37)28-44(42)47(32(30)3)49-41-24-14-15-25-46(41)57-53(49)40-23-13-12-22-39(40)52-50(51(54-56-55-52)34-16-6-5-7-17-34)48-33(4)31(2)27-43-38-21-11-9-19-36(38)29-45(43)48/h5-27H,28-29H2,1-4H3. The molecule has 0 amide bonds. The molecule has 2 aliphatic rings. The van der Waals surface area contributed by atoms with Crippen LogP contribution in [0.4, 0.5) is 0 Å². The molecule has 4 heteroatoms. The average molecular weight is 797 g/mol. The second-order valence-electron chi connectivity index (χ2n) is 15.7. The SMILES string of the molecule is Cc1cc2c(c(-c3c(-c4ccccc4)nnnc3-c3ccccc3-c3[se]c4ccccc4c3-c3c(C)c(C)cc4c3Cc3ccccc3-4)c1C)Cc1ccccc1-2. The Bertz CT molecular complexity index is 3120. The van der Waals surface area contributed by atoms with Crippen molar-refractivity contribution in [3.63, 3.8) is 0 Å². The van der Waals surface area contributed by atoms with Gasteiger partial charge in [0, 0.05) is 0 Å². The summed E-state index contributed by atoms with van der Waals surface area (Å²) in [6.45, 7) is 9.13. The molecular formula is C53H39N3Se. The van der Waals surface area contributed by atoms with Crippen molar-refractivity contribution in [1.29, 1.82) is 0 Å². The van der Waals surface area contributed by atoms with Gasteiger partial charge in [0.15, 0.2) is 0 Å². The normalized spacial score (nSPS) is 12.4. The molecule has 0 spiro atoms. The van der Waals surface area contributed by atoms with E-state index >= 15 is 0 Å².